The molecule has 4 unspecified atom stereocenters. The minimum absolute atomic E-state index is 0.101. The first-order valence-corrected chi connectivity index (χ1v) is 14.1. The van der Waals surface area contributed by atoms with Gasteiger partial charge in [0, 0.05) is 18.5 Å². The van der Waals surface area contributed by atoms with E-state index in [2.05, 4.69) is 62.0 Å². The van der Waals surface area contributed by atoms with Crippen molar-refractivity contribution < 1.29 is 8.78 Å². The summed E-state index contributed by atoms with van der Waals surface area (Å²) in [6, 6.07) is 12.6. The Kier molecular flexibility index (Phi) is 9.19. The molecule has 0 fully saturated rings. The summed E-state index contributed by atoms with van der Waals surface area (Å²) in [5.74, 6) is -0.0253. The van der Waals surface area contributed by atoms with Gasteiger partial charge in [-0.2, -0.15) is 5.10 Å². The zero-order chi connectivity index (χ0) is 26.5. The van der Waals surface area contributed by atoms with Gasteiger partial charge in [-0.1, -0.05) is 56.7 Å². The first-order chi connectivity index (χ1) is 17.7. The Morgan fingerprint density at radius 3 is 2.46 bits per heavy atom. The van der Waals surface area contributed by atoms with Gasteiger partial charge < -0.3 is 5.73 Å². The van der Waals surface area contributed by atoms with Crippen LogP contribution < -0.4 is 5.73 Å². The van der Waals surface area contributed by atoms with Gasteiger partial charge in [0.2, 0.25) is 0 Å². The number of rotatable bonds is 10. The predicted molar refractivity (Wildman–Crippen MR) is 148 cm³/mol. The summed E-state index contributed by atoms with van der Waals surface area (Å²) in [6.07, 6.45) is 7.24. The number of nitrogens with zero attached hydrogens (tertiary/aromatic N) is 3. The van der Waals surface area contributed by atoms with Gasteiger partial charge in [-0.3, -0.25) is 4.68 Å². The van der Waals surface area contributed by atoms with Crippen LogP contribution in [0.4, 0.5) is 8.78 Å². The average molecular weight is 525 g/mol. The fourth-order valence-corrected chi connectivity index (χ4v) is 6.58. The van der Waals surface area contributed by atoms with Crippen LogP contribution in [0.3, 0.4) is 0 Å². The zero-order valence-electron chi connectivity index (χ0n) is 22.2. The lowest BCUT2D eigenvalue weighted by Gasteiger charge is -2.32. The first-order valence-electron chi connectivity index (χ1n) is 13.2. The van der Waals surface area contributed by atoms with Gasteiger partial charge >= 0.3 is 0 Å². The van der Waals surface area contributed by atoms with Crippen molar-refractivity contribution in [1.29, 1.82) is 0 Å². The van der Waals surface area contributed by atoms with Gasteiger partial charge in [-0.05, 0) is 78.0 Å². The summed E-state index contributed by atoms with van der Waals surface area (Å²) in [7, 11) is 0. The monoisotopic (exact) mass is 524 g/mol. The largest absolute Gasteiger partial charge is 0.315 e. The summed E-state index contributed by atoms with van der Waals surface area (Å²) < 4.78 is 30.2. The van der Waals surface area contributed by atoms with E-state index in [9.17, 15) is 8.78 Å². The minimum atomic E-state index is -0.557. The highest BCUT2D eigenvalue weighted by Gasteiger charge is 2.29. The van der Waals surface area contributed by atoms with Crippen LogP contribution in [0.15, 0.2) is 65.6 Å². The molecule has 0 saturated heterocycles. The van der Waals surface area contributed by atoms with Crippen molar-refractivity contribution in [3.63, 3.8) is 0 Å². The van der Waals surface area contributed by atoms with Crippen molar-refractivity contribution in [2.45, 2.75) is 77.1 Å². The van der Waals surface area contributed by atoms with Crippen LogP contribution in [-0.4, -0.2) is 14.8 Å². The molecule has 4 nitrogen and oxygen atoms in total. The summed E-state index contributed by atoms with van der Waals surface area (Å²) in [4.78, 5) is 5.42. The second kappa shape index (κ2) is 12.4. The Balaban J connectivity index is 1.45. The average Bonchev–Trinajstić information content (AvgIpc) is 3.38. The lowest BCUT2D eigenvalue weighted by atomic mass is 9.77. The van der Waals surface area contributed by atoms with Crippen LogP contribution in [0.5, 0.6) is 0 Å². The van der Waals surface area contributed by atoms with E-state index in [4.69, 9.17) is 5.73 Å². The molecule has 198 valence electrons. The number of hydrogen-bond acceptors (Lipinski definition) is 4. The molecule has 1 aromatic heterocycles. The predicted octanol–water partition coefficient (Wildman–Crippen LogP) is 7.95. The second-order valence-electron chi connectivity index (χ2n) is 10.8. The highest BCUT2D eigenvalue weighted by atomic mass is 32.2. The van der Waals surface area contributed by atoms with E-state index in [-0.39, 0.29) is 17.2 Å². The number of aromatic nitrogens is 3. The van der Waals surface area contributed by atoms with Gasteiger partial charge in [0.25, 0.3) is 0 Å². The molecule has 37 heavy (non-hydrogen) atoms. The van der Waals surface area contributed by atoms with Crippen LogP contribution >= 0.6 is 11.8 Å². The van der Waals surface area contributed by atoms with Crippen molar-refractivity contribution in [3.8, 4) is 0 Å². The Morgan fingerprint density at radius 1 is 1.08 bits per heavy atom. The van der Waals surface area contributed by atoms with E-state index < -0.39 is 11.6 Å². The lowest BCUT2D eigenvalue weighted by molar-refractivity contribution is 0.293. The molecule has 0 saturated carbocycles. The maximum atomic E-state index is 14.8. The number of thioether (sulfide) groups is 1. The SMILES string of the molecule is CC1=C(SC(N)c2ccc(C(C)C)cc2)CC(CC(C)C(Cn2cncn2)c2ccc(F)cc2F)CC1. The van der Waals surface area contributed by atoms with Gasteiger partial charge in [0.05, 0.1) is 5.37 Å². The molecule has 3 aromatic rings. The van der Waals surface area contributed by atoms with Crippen molar-refractivity contribution in [1.82, 2.24) is 14.8 Å². The fourth-order valence-electron chi connectivity index (χ4n) is 5.35. The Bertz CT molecular complexity index is 1190. The summed E-state index contributed by atoms with van der Waals surface area (Å²) >= 11 is 1.77. The Morgan fingerprint density at radius 2 is 1.81 bits per heavy atom. The van der Waals surface area contributed by atoms with Gasteiger partial charge in [-0.15, -0.1) is 11.8 Å². The smallest absolute Gasteiger partial charge is 0.137 e. The number of nitrogens with two attached hydrogens (primary N) is 1. The number of halogens is 2. The van der Waals surface area contributed by atoms with E-state index in [1.165, 1.54) is 28.4 Å². The molecule has 0 aliphatic heterocycles. The van der Waals surface area contributed by atoms with E-state index in [1.54, 1.807) is 28.8 Å². The van der Waals surface area contributed by atoms with Crippen LogP contribution in [-0.2, 0) is 6.54 Å². The summed E-state index contributed by atoms with van der Waals surface area (Å²) in [5, 5.41) is 4.14. The molecule has 4 atom stereocenters. The maximum Gasteiger partial charge on any atom is 0.137 e. The topological polar surface area (TPSA) is 56.7 Å². The summed E-state index contributed by atoms with van der Waals surface area (Å²) in [5.41, 5.74) is 11.1. The van der Waals surface area contributed by atoms with E-state index >= 15 is 0 Å². The normalized spacial score (nSPS) is 18.8. The third-order valence-electron chi connectivity index (χ3n) is 7.68. The zero-order valence-corrected chi connectivity index (χ0v) is 23.0. The Hall–Kier alpha value is -2.51. The molecule has 7 heteroatoms. The van der Waals surface area contributed by atoms with E-state index in [1.807, 2.05) is 0 Å². The number of allylic oxidation sites excluding steroid dienone is 2. The molecule has 1 aliphatic rings. The molecular formula is C30H38F2N4S. The fraction of sp³-hybridized carbons (Fsp3) is 0.467. The van der Waals surface area contributed by atoms with E-state index in [0.29, 0.717) is 23.9 Å². The molecule has 2 aromatic carbocycles. The third-order valence-corrected chi connectivity index (χ3v) is 9.01. The van der Waals surface area contributed by atoms with Crippen molar-refractivity contribution in [2.75, 3.05) is 0 Å². The van der Waals surface area contributed by atoms with Crippen molar-refractivity contribution in [3.05, 3.63) is 93.9 Å². The maximum absolute atomic E-state index is 14.8. The van der Waals surface area contributed by atoms with Crippen molar-refractivity contribution >= 4 is 11.8 Å². The highest BCUT2D eigenvalue weighted by molar-refractivity contribution is 8.03. The van der Waals surface area contributed by atoms with Crippen LogP contribution in [0.2, 0.25) is 0 Å². The van der Waals surface area contributed by atoms with Crippen LogP contribution in [0.25, 0.3) is 0 Å². The van der Waals surface area contributed by atoms with Gasteiger partial charge in [-0.25, -0.2) is 13.8 Å². The van der Waals surface area contributed by atoms with Crippen LogP contribution in [0.1, 0.15) is 87.3 Å². The molecule has 1 heterocycles. The highest BCUT2D eigenvalue weighted by Crippen LogP contribution is 2.44. The molecule has 4 rings (SSSR count). The molecular weight excluding hydrogens is 486 g/mol. The molecule has 0 bridgehead atoms. The first kappa shape index (κ1) is 27.5. The Labute approximate surface area is 223 Å². The summed E-state index contributed by atoms with van der Waals surface area (Å²) in [6.45, 7) is 9.29. The molecule has 2 N–H and O–H groups in total. The molecule has 0 amide bonds. The lowest BCUT2D eigenvalue weighted by Crippen LogP contribution is -2.22. The number of benzene rings is 2. The van der Waals surface area contributed by atoms with Gasteiger partial charge in [0.1, 0.15) is 24.3 Å². The minimum Gasteiger partial charge on any atom is -0.315 e. The third kappa shape index (κ3) is 7.08. The second-order valence-corrected chi connectivity index (χ2v) is 12.0. The quantitative estimate of drug-likeness (QED) is 0.273. The molecule has 0 spiro atoms. The van der Waals surface area contributed by atoms with Crippen LogP contribution in [0, 0.1) is 23.5 Å². The standard InChI is InChI=1S/C30H38F2N4S/c1-19(2)23-7-9-24(10-8-23)30(33)37-29-14-22(6-5-20(29)3)13-21(4)27(16-36-18-34-17-35-36)26-12-11-25(31)15-28(26)32/h7-12,15,17-19,21-22,27,30H,5-6,13-14,16,33H2,1-4H3. The van der Waals surface area contributed by atoms with Gasteiger partial charge in [0.15, 0.2) is 0 Å². The van der Waals surface area contributed by atoms with Crippen molar-refractivity contribution in [2.24, 2.45) is 17.6 Å². The number of hydrogen-bond donors (Lipinski definition) is 1. The molecule has 1 aliphatic carbocycles. The molecule has 0 radical (unpaired) electrons. The van der Waals surface area contributed by atoms with E-state index in [0.717, 1.165) is 37.3 Å².